The molecule has 0 radical (unpaired) electrons. The first-order valence-corrected chi connectivity index (χ1v) is 17.2. The minimum atomic E-state index is -0.103. The van der Waals surface area contributed by atoms with Gasteiger partial charge in [-0.3, -0.25) is 4.79 Å². The van der Waals surface area contributed by atoms with Gasteiger partial charge in [0.25, 0.3) is 5.91 Å². The van der Waals surface area contributed by atoms with Crippen molar-refractivity contribution in [3.05, 3.63) is 108 Å². The molecule has 1 aromatic heterocycles. The fraction of sp³-hybridized carbons (Fsp3) is 0.421. The SMILES string of the molecule is CC1CCC(Nc2nc(NCCOCCOCCNC(=O)c3ccccc3)nc(NCCC(c3ccccc3)c3ccccc3)n2)CC1. The highest BCUT2D eigenvalue weighted by molar-refractivity contribution is 5.94. The number of nitrogens with one attached hydrogen (secondary N) is 4. The number of nitrogens with zero attached hydrogens (tertiary/aromatic N) is 3. The maximum absolute atomic E-state index is 12.1. The monoisotopic (exact) mass is 651 g/mol. The molecule has 0 unspecified atom stereocenters. The molecule has 1 amide bonds. The van der Waals surface area contributed by atoms with E-state index in [1.165, 1.54) is 24.0 Å². The molecule has 1 heterocycles. The Morgan fingerprint density at radius 2 is 1.19 bits per heavy atom. The molecule has 3 aromatic carbocycles. The summed E-state index contributed by atoms with van der Waals surface area (Å²) in [6, 6.07) is 30.8. The molecule has 4 N–H and O–H groups in total. The zero-order valence-electron chi connectivity index (χ0n) is 27.9. The third kappa shape index (κ3) is 11.6. The summed E-state index contributed by atoms with van der Waals surface area (Å²) in [4.78, 5) is 26.2. The summed E-state index contributed by atoms with van der Waals surface area (Å²) in [6.07, 6.45) is 5.54. The molecule has 254 valence electrons. The van der Waals surface area contributed by atoms with Gasteiger partial charge >= 0.3 is 0 Å². The van der Waals surface area contributed by atoms with Crippen LogP contribution in [-0.4, -0.2) is 73.0 Å². The quantitative estimate of drug-likeness (QED) is 0.0857. The molecular formula is C38H49N7O3. The van der Waals surface area contributed by atoms with Crippen molar-refractivity contribution in [3.63, 3.8) is 0 Å². The summed E-state index contributed by atoms with van der Waals surface area (Å²) in [5.74, 6) is 2.57. The van der Waals surface area contributed by atoms with Gasteiger partial charge in [0.2, 0.25) is 17.8 Å². The van der Waals surface area contributed by atoms with Gasteiger partial charge < -0.3 is 30.7 Å². The van der Waals surface area contributed by atoms with Crippen molar-refractivity contribution in [1.29, 1.82) is 0 Å². The Bertz CT molecular complexity index is 1450. The Morgan fingerprint density at radius 3 is 1.79 bits per heavy atom. The smallest absolute Gasteiger partial charge is 0.251 e. The van der Waals surface area contributed by atoms with Gasteiger partial charge in [0, 0.05) is 37.2 Å². The van der Waals surface area contributed by atoms with Crippen LogP contribution in [0.15, 0.2) is 91.0 Å². The van der Waals surface area contributed by atoms with Gasteiger partial charge in [-0.1, -0.05) is 85.8 Å². The zero-order valence-corrected chi connectivity index (χ0v) is 27.9. The minimum absolute atomic E-state index is 0.103. The normalized spacial score (nSPS) is 16.0. The van der Waals surface area contributed by atoms with E-state index < -0.39 is 0 Å². The van der Waals surface area contributed by atoms with Gasteiger partial charge in [-0.25, -0.2) is 0 Å². The summed E-state index contributed by atoms with van der Waals surface area (Å²) in [6.45, 7) is 5.81. The summed E-state index contributed by atoms with van der Waals surface area (Å²) in [7, 11) is 0. The Kier molecular flexibility index (Phi) is 14.0. The lowest BCUT2D eigenvalue weighted by atomic mass is 9.87. The molecule has 0 aliphatic heterocycles. The lowest BCUT2D eigenvalue weighted by Gasteiger charge is -2.27. The van der Waals surface area contributed by atoms with Crippen molar-refractivity contribution in [2.45, 2.75) is 51.0 Å². The highest BCUT2D eigenvalue weighted by atomic mass is 16.5. The Hall–Kier alpha value is -4.54. The van der Waals surface area contributed by atoms with Crippen LogP contribution in [0, 0.1) is 5.92 Å². The molecule has 0 bridgehead atoms. The number of aromatic nitrogens is 3. The molecule has 10 heteroatoms. The van der Waals surface area contributed by atoms with Crippen molar-refractivity contribution >= 4 is 23.8 Å². The summed E-state index contributed by atoms with van der Waals surface area (Å²) < 4.78 is 11.3. The van der Waals surface area contributed by atoms with E-state index >= 15 is 0 Å². The second-order valence-electron chi connectivity index (χ2n) is 12.3. The summed E-state index contributed by atoms with van der Waals surface area (Å²) >= 11 is 0. The third-order valence-corrected chi connectivity index (χ3v) is 8.57. The van der Waals surface area contributed by atoms with Crippen molar-refractivity contribution in [1.82, 2.24) is 20.3 Å². The van der Waals surface area contributed by atoms with E-state index in [9.17, 15) is 4.79 Å². The number of hydrogen-bond acceptors (Lipinski definition) is 9. The fourth-order valence-corrected chi connectivity index (χ4v) is 5.90. The predicted octanol–water partition coefficient (Wildman–Crippen LogP) is 6.37. The number of rotatable bonds is 19. The molecule has 48 heavy (non-hydrogen) atoms. The molecule has 1 aliphatic carbocycles. The van der Waals surface area contributed by atoms with Crippen LogP contribution in [0.4, 0.5) is 17.8 Å². The van der Waals surface area contributed by atoms with Gasteiger partial charge in [-0.15, -0.1) is 0 Å². The third-order valence-electron chi connectivity index (χ3n) is 8.57. The maximum Gasteiger partial charge on any atom is 0.251 e. The molecule has 0 spiro atoms. The van der Waals surface area contributed by atoms with Crippen LogP contribution in [0.1, 0.15) is 66.4 Å². The lowest BCUT2D eigenvalue weighted by Crippen LogP contribution is -2.27. The van der Waals surface area contributed by atoms with Crippen LogP contribution in [0.25, 0.3) is 0 Å². The van der Waals surface area contributed by atoms with Crippen molar-refractivity contribution < 1.29 is 14.3 Å². The molecule has 4 aromatic rings. The summed E-state index contributed by atoms with van der Waals surface area (Å²) in [5.41, 5.74) is 3.22. The average molecular weight is 652 g/mol. The number of anilines is 3. The van der Waals surface area contributed by atoms with Gasteiger partial charge in [0.1, 0.15) is 0 Å². The van der Waals surface area contributed by atoms with Gasteiger partial charge in [0.15, 0.2) is 0 Å². The molecule has 0 saturated heterocycles. The number of carbonyl (C=O) groups excluding carboxylic acids is 1. The predicted molar refractivity (Wildman–Crippen MR) is 192 cm³/mol. The van der Waals surface area contributed by atoms with E-state index in [1.807, 2.05) is 18.2 Å². The van der Waals surface area contributed by atoms with Crippen LogP contribution in [0.3, 0.4) is 0 Å². The first kappa shape index (κ1) is 34.8. The van der Waals surface area contributed by atoms with Crippen LogP contribution in [-0.2, 0) is 9.47 Å². The van der Waals surface area contributed by atoms with E-state index in [0.717, 1.165) is 25.2 Å². The highest BCUT2D eigenvalue weighted by Crippen LogP contribution is 2.28. The largest absolute Gasteiger partial charge is 0.377 e. The maximum atomic E-state index is 12.1. The van der Waals surface area contributed by atoms with Gasteiger partial charge in [-0.05, 0) is 61.3 Å². The number of hydrogen-bond donors (Lipinski definition) is 4. The molecule has 10 nitrogen and oxygen atoms in total. The average Bonchev–Trinajstić information content (AvgIpc) is 3.13. The van der Waals surface area contributed by atoms with Crippen molar-refractivity contribution in [2.75, 3.05) is 62.0 Å². The first-order valence-electron chi connectivity index (χ1n) is 17.2. The Balaban J connectivity index is 1.08. The Morgan fingerprint density at radius 1 is 0.667 bits per heavy atom. The number of benzene rings is 3. The van der Waals surface area contributed by atoms with Gasteiger partial charge in [-0.2, -0.15) is 15.0 Å². The van der Waals surface area contributed by atoms with E-state index in [-0.39, 0.29) is 11.8 Å². The van der Waals surface area contributed by atoms with Crippen molar-refractivity contribution in [3.8, 4) is 0 Å². The van der Waals surface area contributed by atoms with Crippen LogP contribution < -0.4 is 21.3 Å². The molecule has 5 rings (SSSR count). The number of carbonyl (C=O) groups is 1. The zero-order chi connectivity index (χ0) is 33.2. The van der Waals surface area contributed by atoms with Gasteiger partial charge in [0.05, 0.1) is 26.4 Å². The molecule has 1 aliphatic rings. The molecule has 1 saturated carbocycles. The standard InChI is InChI=1S/C38H49N7O3/c1-29-17-19-33(20-18-29)42-38-44-36(40-22-21-34(30-11-5-2-6-12-30)31-13-7-3-8-14-31)43-37(45-38)41-24-26-48-28-27-47-25-23-39-35(46)32-15-9-4-10-16-32/h2-16,29,33-34H,17-28H2,1H3,(H,39,46)(H3,40,41,42,43,44,45). The van der Waals surface area contributed by atoms with Crippen molar-refractivity contribution in [2.24, 2.45) is 5.92 Å². The summed E-state index contributed by atoms with van der Waals surface area (Å²) in [5, 5.41) is 13.2. The van der Waals surface area contributed by atoms with Crippen LogP contribution >= 0.6 is 0 Å². The molecular weight excluding hydrogens is 602 g/mol. The van der Waals surface area contributed by atoms with Crippen LogP contribution in [0.2, 0.25) is 0 Å². The first-order chi connectivity index (χ1) is 23.6. The van der Waals surface area contributed by atoms with E-state index in [0.29, 0.717) is 75.5 Å². The second-order valence-corrected chi connectivity index (χ2v) is 12.3. The highest BCUT2D eigenvalue weighted by Gasteiger charge is 2.20. The van der Waals surface area contributed by atoms with E-state index in [1.54, 1.807) is 12.1 Å². The second kappa shape index (κ2) is 19.3. The fourth-order valence-electron chi connectivity index (χ4n) is 5.90. The number of amides is 1. The van der Waals surface area contributed by atoms with E-state index in [4.69, 9.17) is 14.5 Å². The Labute approximate surface area is 284 Å². The molecule has 0 atom stereocenters. The van der Waals surface area contributed by atoms with Crippen LogP contribution in [0.5, 0.6) is 0 Å². The van der Waals surface area contributed by atoms with E-state index in [2.05, 4.69) is 98.8 Å². The number of ether oxygens (including phenoxy) is 2. The topological polar surface area (TPSA) is 122 Å². The molecule has 1 fully saturated rings. The lowest BCUT2D eigenvalue weighted by molar-refractivity contribution is 0.0519. The minimum Gasteiger partial charge on any atom is -0.377 e.